The molecule has 2 aromatic carbocycles. The van der Waals surface area contributed by atoms with E-state index in [-0.39, 0.29) is 12.1 Å². The van der Waals surface area contributed by atoms with Crippen molar-refractivity contribution in [2.45, 2.75) is 6.54 Å². The van der Waals surface area contributed by atoms with E-state index in [4.69, 9.17) is 17.3 Å². The summed E-state index contributed by atoms with van der Waals surface area (Å²) < 4.78 is 26.8. The highest BCUT2D eigenvalue weighted by atomic mass is 35.5. The summed E-state index contributed by atoms with van der Waals surface area (Å²) >= 11 is 5.86. The first-order valence-corrected chi connectivity index (χ1v) is 5.44. The molecule has 0 bridgehead atoms. The van der Waals surface area contributed by atoms with Crippen LogP contribution in [0.3, 0.4) is 0 Å². The second-order valence-corrected chi connectivity index (χ2v) is 4.04. The van der Waals surface area contributed by atoms with E-state index in [1.807, 2.05) is 0 Å². The van der Waals surface area contributed by atoms with Gasteiger partial charge in [0.1, 0.15) is 0 Å². The zero-order chi connectivity index (χ0) is 12.4. The number of benzene rings is 2. The molecule has 0 unspecified atom stereocenters. The maximum absolute atomic E-state index is 13.7. The van der Waals surface area contributed by atoms with Crippen LogP contribution in [0.5, 0.6) is 0 Å². The second kappa shape index (κ2) is 4.82. The predicted molar refractivity (Wildman–Crippen MR) is 64.7 cm³/mol. The minimum atomic E-state index is -0.885. The van der Waals surface area contributed by atoms with Crippen LogP contribution in [0, 0.1) is 11.6 Å². The molecule has 0 aliphatic carbocycles. The van der Waals surface area contributed by atoms with Crippen molar-refractivity contribution in [3.8, 4) is 11.1 Å². The van der Waals surface area contributed by atoms with Crippen molar-refractivity contribution in [1.82, 2.24) is 0 Å². The minimum absolute atomic E-state index is 0.174. The lowest BCUT2D eigenvalue weighted by Crippen LogP contribution is -2.00. The Hall–Kier alpha value is -1.45. The molecule has 0 atom stereocenters. The van der Waals surface area contributed by atoms with Crippen molar-refractivity contribution in [3.63, 3.8) is 0 Å². The molecule has 0 radical (unpaired) electrons. The molecule has 88 valence electrons. The Morgan fingerprint density at radius 3 is 2.53 bits per heavy atom. The summed E-state index contributed by atoms with van der Waals surface area (Å²) in [5.41, 5.74) is 6.99. The largest absolute Gasteiger partial charge is 0.326 e. The fraction of sp³-hybridized carbons (Fsp3) is 0.0769. The highest BCUT2D eigenvalue weighted by Crippen LogP contribution is 2.29. The molecule has 2 rings (SSSR count). The Balaban J connectivity index is 2.67. The molecule has 0 aromatic heterocycles. The summed E-state index contributed by atoms with van der Waals surface area (Å²) in [6, 6.07) is 9.00. The lowest BCUT2D eigenvalue weighted by Gasteiger charge is -2.10. The Morgan fingerprint density at radius 1 is 1.06 bits per heavy atom. The van der Waals surface area contributed by atoms with Gasteiger partial charge in [-0.15, -0.1) is 0 Å². The van der Waals surface area contributed by atoms with E-state index in [1.54, 1.807) is 18.2 Å². The van der Waals surface area contributed by atoms with Gasteiger partial charge in [-0.2, -0.15) is 0 Å². The summed E-state index contributed by atoms with van der Waals surface area (Å²) in [6.45, 7) is 0.239. The quantitative estimate of drug-likeness (QED) is 0.867. The van der Waals surface area contributed by atoms with Gasteiger partial charge < -0.3 is 5.73 Å². The van der Waals surface area contributed by atoms with E-state index in [0.29, 0.717) is 10.6 Å². The van der Waals surface area contributed by atoms with Crippen LogP contribution < -0.4 is 5.73 Å². The van der Waals surface area contributed by atoms with Gasteiger partial charge in [0.2, 0.25) is 0 Å². The molecule has 0 amide bonds. The molecule has 0 spiro atoms. The van der Waals surface area contributed by atoms with Crippen LogP contribution in [0.25, 0.3) is 11.1 Å². The number of hydrogen-bond acceptors (Lipinski definition) is 1. The fourth-order valence-electron chi connectivity index (χ4n) is 1.69. The van der Waals surface area contributed by atoms with Gasteiger partial charge in [-0.25, -0.2) is 8.78 Å². The SMILES string of the molecule is NCc1ccc(Cl)cc1-c1cccc(F)c1F. The zero-order valence-corrected chi connectivity index (χ0v) is 9.64. The summed E-state index contributed by atoms with van der Waals surface area (Å²) in [6.07, 6.45) is 0. The maximum Gasteiger partial charge on any atom is 0.166 e. The molecule has 17 heavy (non-hydrogen) atoms. The van der Waals surface area contributed by atoms with Crippen LogP contribution in [-0.4, -0.2) is 0 Å². The van der Waals surface area contributed by atoms with Crippen LogP contribution in [0.4, 0.5) is 8.78 Å². The Labute approximate surface area is 103 Å². The number of hydrogen-bond donors (Lipinski definition) is 1. The molecule has 2 aromatic rings. The van der Waals surface area contributed by atoms with Gasteiger partial charge in [0.05, 0.1) is 0 Å². The maximum atomic E-state index is 13.7. The van der Waals surface area contributed by atoms with Crippen LogP contribution in [0.1, 0.15) is 5.56 Å². The Bertz CT molecular complexity index is 555. The molecule has 2 N–H and O–H groups in total. The van der Waals surface area contributed by atoms with Gasteiger partial charge in [-0.3, -0.25) is 0 Å². The first-order chi connectivity index (χ1) is 8.13. The molecule has 1 nitrogen and oxygen atoms in total. The number of rotatable bonds is 2. The van der Waals surface area contributed by atoms with Gasteiger partial charge in [0.15, 0.2) is 11.6 Å². The summed E-state index contributed by atoms with van der Waals surface area (Å²) in [7, 11) is 0. The summed E-state index contributed by atoms with van der Waals surface area (Å²) in [4.78, 5) is 0. The highest BCUT2D eigenvalue weighted by molar-refractivity contribution is 6.30. The van der Waals surface area contributed by atoms with Gasteiger partial charge in [-0.05, 0) is 29.3 Å². The summed E-state index contributed by atoms with van der Waals surface area (Å²) in [5, 5.41) is 0.459. The van der Waals surface area contributed by atoms with E-state index in [1.165, 1.54) is 12.1 Å². The lowest BCUT2D eigenvalue weighted by atomic mass is 9.99. The average molecular weight is 254 g/mol. The summed E-state index contributed by atoms with van der Waals surface area (Å²) in [5.74, 6) is -1.77. The molecular weight excluding hydrogens is 244 g/mol. The van der Waals surface area contributed by atoms with E-state index >= 15 is 0 Å². The molecule has 0 heterocycles. The van der Waals surface area contributed by atoms with Gasteiger partial charge in [0.25, 0.3) is 0 Å². The first-order valence-electron chi connectivity index (χ1n) is 5.06. The van der Waals surface area contributed by atoms with Crippen LogP contribution >= 0.6 is 11.6 Å². The highest BCUT2D eigenvalue weighted by Gasteiger charge is 2.12. The van der Waals surface area contributed by atoms with E-state index in [2.05, 4.69) is 0 Å². The monoisotopic (exact) mass is 253 g/mol. The molecule has 0 fully saturated rings. The average Bonchev–Trinajstić information content (AvgIpc) is 2.33. The van der Waals surface area contributed by atoms with Crippen molar-refractivity contribution < 1.29 is 8.78 Å². The molecule has 0 saturated carbocycles. The van der Waals surface area contributed by atoms with Crippen LogP contribution in [0.15, 0.2) is 36.4 Å². The third-order valence-electron chi connectivity index (χ3n) is 2.53. The molecule has 0 aliphatic rings. The third-order valence-corrected chi connectivity index (χ3v) is 2.77. The second-order valence-electron chi connectivity index (χ2n) is 3.61. The minimum Gasteiger partial charge on any atom is -0.326 e. The number of halogens is 3. The van der Waals surface area contributed by atoms with Crippen molar-refractivity contribution >= 4 is 11.6 Å². The molecule has 0 saturated heterocycles. The first kappa shape index (κ1) is 12.0. The normalized spacial score (nSPS) is 10.6. The van der Waals surface area contributed by atoms with Crippen molar-refractivity contribution in [2.75, 3.05) is 0 Å². The molecule has 0 aliphatic heterocycles. The zero-order valence-electron chi connectivity index (χ0n) is 8.88. The van der Waals surface area contributed by atoms with Gasteiger partial charge in [-0.1, -0.05) is 29.8 Å². The van der Waals surface area contributed by atoms with Gasteiger partial charge in [0, 0.05) is 17.1 Å². The Morgan fingerprint density at radius 2 is 1.82 bits per heavy atom. The topological polar surface area (TPSA) is 26.0 Å². The molecular formula is C13H10ClF2N. The smallest absolute Gasteiger partial charge is 0.166 e. The van der Waals surface area contributed by atoms with Crippen molar-refractivity contribution in [1.29, 1.82) is 0 Å². The van der Waals surface area contributed by atoms with E-state index < -0.39 is 11.6 Å². The molecule has 4 heteroatoms. The fourth-order valence-corrected chi connectivity index (χ4v) is 1.86. The Kier molecular flexibility index (Phi) is 3.41. The van der Waals surface area contributed by atoms with Crippen LogP contribution in [0.2, 0.25) is 5.02 Å². The van der Waals surface area contributed by atoms with Gasteiger partial charge >= 0.3 is 0 Å². The van der Waals surface area contributed by atoms with E-state index in [9.17, 15) is 8.78 Å². The van der Waals surface area contributed by atoms with Crippen LogP contribution in [-0.2, 0) is 6.54 Å². The van der Waals surface area contributed by atoms with Crippen molar-refractivity contribution in [2.24, 2.45) is 5.73 Å². The van der Waals surface area contributed by atoms with E-state index in [0.717, 1.165) is 11.6 Å². The third kappa shape index (κ3) is 2.30. The lowest BCUT2D eigenvalue weighted by molar-refractivity contribution is 0.511. The predicted octanol–water partition coefficient (Wildman–Crippen LogP) is 3.74. The van der Waals surface area contributed by atoms with Crippen molar-refractivity contribution in [3.05, 3.63) is 58.6 Å². The number of nitrogens with two attached hydrogens (primary N) is 1. The standard InChI is InChI=1S/C13H10ClF2N/c14-9-5-4-8(7-17)11(6-9)10-2-1-3-12(15)13(10)16/h1-6H,7,17H2.